The molecule has 0 atom stereocenters. The molecule has 1 saturated heterocycles. The second-order valence-corrected chi connectivity index (χ2v) is 4.98. The maximum atomic E-state index is 11.4. The highest BCUT2D eigenvalue weighted by Crippen LogP contribution is 2.25. The van der Waals surface area contributed by atoms with Crippen LogP contribution in [0.5, 0.6) is 0 Å². The van der Waals surface area contributed by atoms with Gasteiger partial charge in [-0.15, -0.1) is 0 Å². The van der Waals surface area contributed by atoms with Crippen LogP contribution in [0.2, 0.25) is 0 Å². The Bertz CT molecular complexity index is 624. The van der Waals surface area contributed by atoms with Crippen LogP contribution >= 0.6 is 0 Å². The number of hydrogen-bond acceptors (Lipinski definition) is 3. The highest BCUT2D eigenvalue weighted by Gasteiger charge is 2.12. The topological polar surface area (TPSA) is 33.5 Å². The smallest absolute Gasteiger partial charge is 0.336 e. The predicted octanol–water partition coefficient (Wildman–Crippen LogP) is 3.09. The van der Waals surface area contributed by atoms with E-state index in [1.165, 1.54) is 19.3 Å². The van der Waals surface area contributed by atoms with E-state index in [0.717, 1.165) is 29.7 Å². The fourth-order valence-corrected chi connectivity index (χ4v) is 2.66. The summed E-state index contributed by atoms with van der Waals surface area (Å²) in [7, 11) is 0. The van der Waals surface area contributed by atoms with E-state index >= 15 is 0 Å². The number of anilines is 1. The molecule has 1 aromatic carbocycles. The maximum absolute atomic E-state index is 11.4. The molecule has 3 nitrogen and oxygen atoms in total. The fourth-order valence-electron chi connectivity index (χ4n) is 2.66. The molecule has 0 N–H and O–H groups in total. The molecule has 0 unspecified atom stereocenters. The van der Waals surface area contributed by atoms with Crippen LogP contribution in [0.25, 0.3) is 11.0 Å². The minimum Gasteiger partial charge on any atom is -0.423 e. The Morgan fingerprint density at radius 2 is 1.89 bits per heavy atom. The molecule has 94 valence electrons. The Hall–Kier alpha value is -1.77. The van der Waals surface area contributed by atoms with Crippen molar-refractivity contribution in [3.05, 3.63) is 40.2 Å². The van der Waals surface area contributed by atoms with Gasteiger partial charge in [0.15, 0.2) is 0 Å². The molecule has 0 aliphatic carbocycles. The summed E-state index contributed by atoms with van der Waals surface area (Å²) in [4.78, 5) is 13.8. The van der Waals surface area contributed by atoms with Crippen LogP contribution in [0.3, 0.4) is 0 Å². The molecule has 0 saturated carbocycles. The van der Waals surface area contributed by atoms with Gasteiger partial charge in [0.25, 0.3) is 0 Å². The monoisotopic (exact) mass is 243 g/mol. The molecule has 3 rings (SSSR count). The zero-order valence-corrected chi connectivity index (χ0v) is 10.6. The molecule has 1 aliphatic rings. The Morgan fingerprint density at radius 1 is 1.11 bits per heavy atom. The van der Waals surface area contributed by atoms with Crippen LogP contribution in [0.15, 0.2) is 33.5 Å². The van der Waals surface area contributed by atoms with E-state index in [4.69, 9.17) is 4.42 Å². The third-order valence-corrected chi connectivity index (χ3v) is 3.66. The van der Waals surface area contributed by atoms with Crippen LogP contribution in [0.1, 0.15) is 24.8 Å². The lowest BCUT2D eigenvalue weighted by molar-refractivity contribution is 0.557. The highest BCUT2D eigenvalue weighted by molar-refractivity contribution is 5.83. The molecule has 1 aliphatic heterocycles. The number of fused-ring (bicyclic) bond motifs is 1. The van der Waals surface area contributed by atoms with Gasteiger partial charge in [0.2, 0.25) is 0 Å². The van der Waals surface area contributed by atoms with Crippen LogP contribution in [-0.4, -0.2) is 13.1 Å². The van der Waals surface area contributed by atoms with Gasteiger partial charge in [0.05, 0.1) is 0 Å². The van der Waals surface area contributed by atoms with Crippen molar-refractivity contribution >= 4 is 16.7 Å². The summed E-state index contributed by atoms with van der Waals surface area (Å²) in [6.45, 7) is 4.14. The first-order valence-corrected chi connectivity index (χ1v) is 6.53. The van der Waals surface area contributed by atoms with E-state index in [1.54, 1.807) is 6.07 Å². The van der Waals surface area contributed by atoms with E-state index in [0.29, 0.717) is 5.58 Å². The average Bonchev–Trinajstić information content (AvgIpc) is 2.39. The number of nitrogens with zero attached hydrogens (tertiary/aromatic N) is 1. The number of rotatable bonds is 1. The zero-order chi connectivity index (χ0) is 12.5. The van der Waals surface area contributed by atoms with Gasteiger partial charge in [-0.1, -0.05) is 0 Å². The van der Waals surface area contributed by atoms with Crippen molar-refractivity contribution in [2.75, 3.05) is 18.0 Å². The summed E-state index contributed by atoms with van der Waals surface area (Å²) in [6.07, 6.45) is 3.81. The van der Waals surface area contributed by atoms with Gasteiger partial charge in [-0.25, -0.2) is 4.79 Å². The molecule has 1 aromatic heterocycles. The SMILES string of the molecule is Cc1cc(=O)oc2cc(N3CCCCC3)ccc12. The van der Waals surface area contributed by atoms with Crippen molar-refractivity contribution in [1.29, 1.82) is 0 Å². The molecular formula is C15H17NO2. The Kier molecular flexibility index (Phi) is 2.82. The number of benzene rings is 1. The summed E-state index contributed by atoms with van der Waals surface area (Å²) >= 11 is 0. The summed E-state index contributed by atoms with van der Waals surface area (Å²) in [5.41, 5.74) is 2.57. The summed E-state index contributed by atoms with van der Waals surface area (Å²) in [5, 5.41) is 1.02. The quantitative estimate of drug-likeness (QED) is 0.722. The second kappa shape index (κ2) is 4.48. The first-order chi connectivity index (χ1) is 8.74. The lowest BCUT2D eigenvalue weighted by Crippen LogP contribution is -2.29. The van der Waals surface area contributed by atoms with Gasteiger partial charge >= 0.3 is 5.63 Å². The van der Waals surface area contributed by atoms with Crippen molar-refractivity contribution in [2.24, 2.45) is 0 Å². The number of hydrogen-bond donors (Lipinski definition) is 0. The first kappa shape index (κ1) is 11.3. The van der Waals surface area contributed by atoms with Crippen LogP contribution in [0, 0.1) is 6.92 Å². The molecule has 1 fully saturated rings. The number of piperidine rings is 1. The fraction of sp³-hybridized carbons (Fsp3) is 0.400. The lowest BCUT2D eigenvalue weighted by Gasteiger charge is -2.28. The van der Waals surface area contributed by atoms with Crippen molar-refractivity contribution in [3.63, 3.8) is 0 Å². The van der Waals surface area contributed by atoms with Crippen LogP contribution in [0.4, 0.5) is 5.69 Å². The minimum absolute atomic E-state index is 0.268. The second-order valence-electron chi connectivity index (χ2n) is 4.98. The summed E-state index contributed by atoms with van der Waals surface area (Å²) in [6, 6.07) is 7.72. The molecule has 2 heterocycles. The Morgan fingerprint density at radius 3 is 2.67 bits per heavy atom. The zero-order valence-electron chi connectivity index (χ0n) is 10.6. The van der Waals surface area contributed by atoms with Crippen LogP contribution in [-0.2, 0) is 0 Å². The highest BCUT2D eigenvalue weighted by atomic mass is 16.4. The van der Waals surface area contributed by atoms with Gasteiger partial charge in [-0.3, -0.25) is 0 Å². The number of aryl methyl sites for hydroxylation is 1. The van der Waals surface area contributed by atoms with Crippen LogP contribution < -0.4 is 10.5 Å². The third-order valence-electron chi connectivity index (χ3n) is 3.66. The first-order valence-electron chi connectivity index (χ1n) is 6.53. The van der Waals surface area contributed by atoms with Crippen molar-refractivity contribution < 1.29 is 4.42 Å². The average molecular weight is 243 g/mol. The molecule has 0 radical (unpaired) electrons. The Labute approximate surface area is 106 Å². The minimum atomic E-state index is -0.268. The van der Waals surface area contributed by atoms with Gasteiger partial charge in [0, 0.05) is 36.3 Å². The van der Waals surface area contributed by atoms with Gasteiger partial charge < -0.3 is 9.32 Å². The standard InChI is InChI=1S/C15H17NO2/c1-11-9-15(17)18-14-10-12(5-6-13(11)14)16-7-3-2-4-8-16/h5-6,9-10H,2-4,7-8H2,1H3. The van der Waals surface area contributed by atoms with E-state index in [9.17, 15) is 4.79 Å². The molecule has 0 amide bonds. The van der Waals surface area contributed by atoms with Crippen molar-refractivity contribution in [2.45, 2.75) is 26.2 Å². The lowest BCUT2D eigenvalue weighted by atomic mass is 10.1. The molecule has 0 bridgehead atoms. The molecule has 2 aromatic rings. The van der Waals surface area contributed by atoms with E-state index in [2.05, 4.69) is 17.0 Å². The molecule has 18 heavy (non-hydrogen) atoms. The van der Waals surface area contributed by atoms with Gasteiger partial charge in [-0.2, -0.15) is 0 Å². The Balaban J connectivity index is 2.07. The predicted molar refractivity (Wildman–Crippen MR) is 73.3 cm³/mol. The maximum Gasteiger partial charge on any atom is 0.336 e. The van der Waals surface area contributed by atoms with Crippen molar-refractivity contribution in [1.82, 2.24) is 0 Å². The molecular weight excluding hydrogens is 226 g/mol. The van der Waals surface area contributed by atoms with Crippen molar-refractivity contribution in [3.8, 4) is 0 Å². The molecule has 0 spiro atoms. The van der Waals surface area contributed by atoms with Gasteiger partial charge in [0.1, 0.15) is 5.58 Å². The van der Waals surface area contributed by atoms with E-state index in [-0.39, 0.29) is 5.63 Å². The van der Waals surface area contributed by atoms with E-state index in [1.807, 2.05) is 13.0 Å². The van der Waals surface area contributed by atoms with Gasteiger partial charge in [-0.05, 0) is 43.9 Å². The summed E-state index contributed by atoms with van der Waals surface area (Å²) < 4.78 is 5.29. The normalized spacial score (nSPS) is 16.2. The largest absolute Gasteiger partial charge is 0.423 e. The van der Waals surface area contributed by atoms with E-state index < -0.39 is 0 Å². The summed E-state index contributed by atoms with van der Waals surface area (Å²) in [5.74, 6) is 0. The third kappa shape index (κ3) is 2.01. The molecule has 3 heteroatoms.